The van der Waals surface area contributed by atoms with E-state index >= 15 is 0 Å². The number of hydrogen-bond donors (Lipinski definition) is 0. The molecule has 0 atom stereocenters. The number of Topliss-reactive ketones (excluding diaryl/α,β-unsaturated/α-hetero) is 1. The van der Waals surface area contributed by atoms with Crippen LogP contribution in [0.2, 0.25) is 0 Å². The number of methoxy groups -OCH3 is 1. The van der Waals surface area contributed by atoms with Crippen LogP contribution in [-0.4, -0.2) is 19.1 Å². The molecule has 18 heavy (non-hydrogen) atoms. The van der Waals surface area contributed by atoms with E-state index in [2.05, 4.69) is 4.99 Å². The monoisotopic (exact) mass is 239 g/mol. The molecule has 3 heteroatoms. The molecule has 2 aromatic rings. The maximum Gasteiger partial charge on any atom is 0.204 e. The minimum atomic E-state index is -0.105. The molecule has 2 aromatic carbocycles. The summed E-state index contributed by atoms with van der Waals surface area (Å²) in [4.78, 5) is 15.9. The highest BCUT2D eigenvalue weighted by molar-refractivity contribution is 6.35. The maximum absolute atomic E-state index is 11.8. The van der Waals surface area contributed by atoms with Gasteiger partial charge < -0.3 is 4.74 Å². The van der Waals surface area contributed by atoms with Crippen molar-refractivity contribution in [1.82, 2.24) is 0 Å². The Hall–Kier alpha value is -2.42. The first-order chi connectivity index (χ1) is 8.79. The van der Waals surface area contributed by atoms with Crippen molar-refractivity contribution in [3.63, 3.8) is 0 Å². The summed E-state index contributed by atoms with van der Waals surface area (Å²) in [5.74, 6) is 0.662. The third kappa shape index (κ3) is 3.04. The topological polar surface area (TPSA) is 38.7 Å². The first-order valence-corrected chi connectivity index (χ1v) is 5.57. The molecule has 2 rings (SSSR count). The molecule has 0 aliphatic carbocycles. The highest BCUT2D eigenvalue weighted by Gasteiger charge is 2.00. The van der Waals surface area contributed by atoms with Crippen molar-refractivity contribution in [1.29, 1.82) is 0 Å². The van der Waals surface area contributed by atoms with Crippen LogP contribution in [0.5, 0.6) is 5.75 Å². The van der Waals surface area contributed by atoms with Crippen molar-refractivity contribution in [2.24, 2.45) is 4.99 Å². The Morgan fingerprint density at radius 1 is 1.06 bits per heavy atom. The van der Waals surface area contributed by atoms with E-state index < -0.39 is 0 Å². The summed E-state index contributed by atoms with van der Waals surface area (Å²) in [6.07, 6.45) is 1.33. The molecule has 0 spiro atoms. The molecule has 0 radical (unpaired) electrons. The van der Waals surface area contributed by atoms with E-state index in [1.165, 1.54) is 6.21 Å². The Morgan fingerprint density at radius 3 is 2.33 bits per heavy atom. The van der Waals surface area contributed by atoms with Gasteiger partial charge in [-0.25, -0.2) is 0 Å². The lowest BCUT2D eigenvalue weighted by Crippen LogP contribution is -1.98. The number of nitrogens with zero attached hydrogens (tertiary/aromatic N) is 1. The summed E-state index contributed by atoms with van der Waals surface area (Å²) < 4.78 is 5.05. The first-order valence-electron chi connectivity index (χ1n) is 5.57. The van der Waals surface area contributed by atoms with Gasteiger partial charge in [0.15, 0.2) is 0 Å². The molecule has 0 saturated carbocycles. The Labute approximate surface area is 106 Å². The standard InChI is InChI=1S/C15H13NO2/c1-18-14-9-7-13(8-10-14)16-11-15(17)12-5-3-2-4-6-12/h2-11H,1H3/b16-11+. The van der Waals surface area contributed by atoms with Crippen LogP contribution in [-0.2, 0) is 0 Å². The number of carbonyl (C=O) groups is 1. The average molecular weight is 239 g/mol. The third-order valence-electron chi connectivity index (χ3n) is 2.46. The highest BCUT2D eigenvalue weighted by atomic mass is 16.5. The highest BCUT2D eigenvalue weighted by Crippen LogP contribution is 2.17. The molecule has 0 amide bonds. The number of carbonyl (C=O) groups excluding carboxylic acids is 1. The Kier molecular flexibility index (Phi) is 3.86. The molecule has 0 N–H and O–H groups in total. The molecule has 0 unspecified atom stereocenters. The number of benzene rings is 2. The predicted molar refractivity (Wildman–Crippen MR) is 71.9 cm³/mol. The molecule has 0 aliphatic rings. The quantitative estimate of drug-likeness (QED) is 0.606. The van der Waals surface area contributed by atoms with Gasteiger partial charge >= 0.3 is 0 Å². The van der Waals surface area contributed by atoms with Gasteiger partial charge in [-0.05, 0) is 24.3 Å². The SMILES string of the molecule is COc1ccc(/N=C/C(=O)c2ccccc2)cc1. The molecule has 90 valence electrons. The normalized spacial score (nSPS) is 10.5. The van der Waals surface area contributed by atoms with Crippen LogP contribution in [0.3, 0.4) is 0 Å². The summed E-state index contributed by atoms with van der Waals surface area (Å²) >= 11 is 0. The fourth-order valence-corrected chi connectivity index (χ4v) is 1.48. The molecule has 0 heterocycles. The minimum absolute atomic E-state index is 0.105. The molecular formula is C15H13NO2. The van der Waals surface area contributed by atoms with Crippen LogP contribution in [0.1, 0.15) is 10.4 Å². The van der Waals surface area contributed by atoms with Gasteiger partial charge in [-0.3, -0.25) is 9.79 Å². The van der Waals surface area contributed by atoms with E-state index in [9.17, 15) is 4.79 Å². The number of hydrogen-bond acceptors (Lipinski definition) is 3. The molecule has 3 nitrogen and oxygen atoms in total. The van der Waals surface area contributed by atoms with Crippen LogP contribution in [0.4, 0.5) is 5.69 Å². The van der Waals surface area contributed by atoms with E-state index in [-0.39, 0.29) is 5.78 Å². The van der Waals surface area contributed by atoms with Crippen molar-refractivity contribution in [2.45, 2.75) is 0 Å². The second-order valence-corrected chi connectivity index (χ2v) is 3.69. The van der Waals surface area contributed by atoms with Gasteiger partial charge in [0.05, 0.1) is 19.0 Å². The van der Waals surface area contributed by atoms with Gasteiger partial charge in [0, 0.05) is 5.56 Å². The molecule has 0 saturated heterocycles. The second-order valence-electron chi connectivity index (χ2n) is 3.69. The van der Waals surface area contributed by atoms with E-state index in [4.69, 9.17) is 4.74 Å². The second kappa shape index (κ2) is 5.77. The first kappa shape index (κ1) is 12.0. The Bertz CT molecular complexity index is 544. The number of aliphatic imine (C=N–C) groups is 1. The third-order valence-corrected chi connectivity index (χ3v) is 2.46. The van der Waals surface area contributed by atoms with Crippen molar-refractivity contribution in [3.8, 4) is 5.75 Å². The van der Waals surface area contributed by atoms with Gasteiger partial charge in [-0.1, -0.05) is 30.3 Å². The maximum atomic E-state index is 11.8. The Morgan fingerprint density at radius 2 is 1.72 bits per heavy atom. The number of ether oxygens (including phenoxy) is 1. The van der Waals surface area contributed by atoms with Gasteiger partial charge in [0.25, 0.3) is 0 Å². The molecule has 0 fully saturated rings. The Balaban J connectivity index is 2.08. The lowest BCUT2D eigenvalue weighted by Gasteiger charge is -1.98. The van der Waals surface area contributed by atoms with Gasteiger partial charge in [0.2, 0.25) is 5.78 Å². The number of rotatable bonds is 4. The minimum Gasteiger partial charge on any atom is -0.497 e. The molecule has 0 bridgehead atoms. The van der Waals surface area contributed by atoms with E-state index in [0.29, 0.717) is 5.56 Å². The van der Waals surface area contributed by atoms with Gasteiger partial charge in [-0.15, -0.1) is 0 Å². The smallest absolute Gasteiger partial charge is 0.204 e. The molecular weight excluding hydrogens is 226 g/mol. The van der Waals surface area contributed by atoms with Crippen molar-refractivity contribution < 1.29 is 9.53 Å². The number of ketones is 1. The zero-order valence-electron chi connectivity index (χ0n) is 10.0. The molecule has 0 aromatic heterocycles. The average Bonchev–Trinajstić information content (AvgIpc) is 2.46. The zero-order valence-corrected chi connectivity index (χ0v) is 10.0. The fourth-order valence-electron chi connectivity index (χ4n) is 1.48. The molecule has 0 aliphatic heterocycles. The fraction of sp³-hybridized carbons (Fsp3) is 0.0667. The lowest BCUT2D eigenvalue weighted by molar-refractivity contribution is 0.107. The van der Waals surface area contributed by atoms with Crippen molar-refractivity contribution >= 4 is 17.7 Å². The summed E-state index contributed by atoms with van der Waals surface area (Å²) in [5.41, 5.74) is 1.36. The van der Waals surface area contributed by atoms with Gasteiger partial charge in [-0.2, -0.15) is 0 Å². The van der Waals surface area contributed by atoms with E-state index in [0.717, 1.165) is 11.4 Å². The summed E-state index contributed by atoms with van der Waals surface area (Å²) in [5, 5.41) is 0. The van der Waals surface area contributed by atoms with Crippen LogP contribution in [0.25, 0.3) is 0 Å². The summed E-state index contributed by atoms with van der Waals surface area (Å²) in [6.45, 7) is 0. The van der Waals surface area contributed by atoms with Gasteiger partial charge in [0.1, 0.15) is 5.75 Å². The van der Waals surface area contributed by atoms with Crippen LogP contribution < -0.4 is 4.74 Å². The van der Waals surface area contributed by atoms with Crippen LogP contribution >= 0.6 is 0 Å². The van der Waals surface area contributed by atoms with E-state index in [1.54, 1.807) is 43.5 Å². The zero-order chi connectivity index (χ0) is 12.8. The van der Waals surface area contributed by atoms with Crippen LogP contribution in [0.15, 0.2) is 59.6 Å². The predicted octanol–water partition coefficient (Wildman–Crippen LogP) is 3.28. The van der Waals surface area contributed by atoms with Crippen molar-refractivity contribution in [2.75, 3.05) is 7.11 Å². The van der Waals surface area contributed by atoms with E-state index in [1.807, 2.05) is 18.2 Å². The van der Waals surface area contributed by atoms with Crippen molar-refractivity contribution in [3.05, 3.63) is 60.2 Å². The lowest BCUT2D eigenvalue weighted by atomic mass is 10.1. The van der Waals surface area contributed by atoms with Crippen LogP contribution in [0, 0.1) is 0 Å². The largest absolute Gasteiger partial charge is 0.497 e. The summed E-state index contributed by atoms with van der Waals surface area (Å²) in [7, 11) is 1.61. The summed E-state index contributed by atoms with van der Waals surface area (Å²) in [6, 6.07) is 16.3.